The molecule has 0 radical (unpaired) electrons. The minimum atomic E-state index is -0.0340. The van der Waals surface area contributed by atoms with Crippen molar-refractivity contribution >= 4 is 5.91 Å². The first kappa shape index (κ1) is 16.3. The van der Waals surface area contributed by atoms with Crippen LogP contribution in [0.25, 0.3) is 0 Å². The van der Waals surface area contributed by atoms with Gasteiger partial charge in [-0.15, -0.1) is 0 Å². The molecular weight excluding hydrogens is 278 g/mol. The van der Waals surface area contributed by atoms with Crippen LogP contribution in [0.3, 0.4) is 0 Å². The van der Waals surface area contributed by atoms with Gasteiger partial charge in [-0.05, 0) is 40.7 Å². The predicted molar refractivity (Wildman–Crippen MR) is 85.5 cm³/mol. The molecule has 2 aromatic rings. The zero-order chi connectivity index (χ0) is 16.3. The van der Waals surface area contributed by atoms with Gasteiger partial charge in [-0.2, -0.15) is 10.2 Å². The summed E-state index contributed by atoms with van der Waals surface area (Å²) >= 11 is 0. The van der Waals surface area contributed by atoms with Crippen molar-refractivity contribution in [2.45, 2.75) is 60.2 Å². The molecule has 2 rings (SSSR count). The van der Waals surface area contributed by atoms with Crippen molar-refractivity contribution in [1.82, 2.24) is 24.9 Å². The lowest BCUT2D eigenvalue weighted by atomic mass is 10.1. The third kappa shape index (κ3) is 3.75. The second-order valence-corrected chi connectivity index (χ2v) is 5.71. The summed E-state index contributed by atoms with van der Waals surface area (Å²) in [6.07, 6.45) is 2.43. The number of aryl methyl sites for hydroxylation is 5. The summed E-state index contributed by atoms with van der Waals surface area (Å²) in [6.45, 7) is 11.4. The Morgan fingerprint density at radius 3 is 2.59 bits per heavy atom. The minimum absolute atomic E-state index is 0.0312. The normalized spacial score (nSPS) is 12.4. The van der Waals surface area contributed by atoms with Crippen molar-refractivity contribution in [2.24, 2.45) is 0 Å². The molecule has 0 spiro atoms. The van der Waals surface area contributed by atoms with Crippen LogP contribution in [-0.2, 0) is 17.9 Å². The molecule has 6 nitrogen and oxygen atoms in total. The van der Waals surface area contributed by atoms with Gasteiger partial charge in [0, 0.05) is 37.0 Å². The Morgan fingerprint density at radius 1 is 1.32 bits per heavy atom. The Labute approximate surface area is 131 Å². The van der Waals surface area contributed by atoms with Gasteiger partial charge < -0.3 is 5.32 Å². The molecule has 1 atom stereocenters. The molecule has 0 saturated heterocycles. The number of amides is 1. The summed E-state index contributed by atoms with van der Waals surface area (Å²) in [4.78, 5) is 12.1. The molecule has 1 N–H and O–H groups in total. The van der Waals surface area contributed by atoms with Crippen molar-refractivity contribution in [3.8, 4) is 0 Å². The summed E-state index contributed by atoms with van der Waals surface area (Å²) in [7, 11) is 0. The molecule has 22 heavy (non-hydrogen) atoms. The molecule has 2 heterocycles. The molecule has 0 aliphatic carbocycles. The standard InChI is InChI=1S/C16H25N5O/c1-6-20-10-15(14(5)19-20)13(4)17-16(22)7-8-21-12(3)9-11(2)18-21/h9-10,13H,6-8H2,1-5H3,(H,17,22). The third-order valence-corrected chi connectivity index (χ3v) is 3.81. The van der Waals surface area contributed by atoms with Crippen LogP contribution in [0.1, 0.15) is 49.0 Å². The number of nitrogens with one attached hydrogen (secondary N) is 1. The average Bonchev–Trinajstić information content (AvgIpc) is 2.98. The Kier molecular flexibility index (Phi) is 5.00. The number of hydrogen-bond donors (Lipinski definition) is 1. The quantitative estimate of drug-likeness (QED) is 0.890. The first-order chi connectivity index (χ1) is 10.4. The van der Waals surface area contributed by atoms with Crippen LogP contribution in [0, 0.1) is 20.8 Å². The van der Waals surface area contributed by atoms with Gasteiger partial charge in [0.2, 0.25) is 5.91 Å². The van der Waals surface area contributed by atoms with E-state index in [9.17, 15) is 4.79 Å². The van der Waals surface area contributed by atoms with Crippen molar-refractivity contribution < 1.29 is 4.79 Å². The molecule has 0 bridgehead atoms. The van der Waals surface area contributed by atoms with Crippen molar-refractivity contribution in [1.29, 1.82) is 0 Å². The molecular formula is C16H25N5O. The summed E-state index contributed by atoms with van der Waals surface area (Å²) in [5, 5.41) is 11.8. The van der Waals surface area contributed by atoms with Gasteiger partial charge in [0.15, 0.2) is 0 Å². The minimum Gasteiger partial charge on any atom is -0.349 e. The largest absolute Gasteiger partial charge is 0.349 e. The van der Waals surface area contributed by atoms with Crippen LogP contribution >= 0.6 is 0 Å². The van der Waals surface area contributed by atoms with E-state index in [1.807, 2.05) is 56.2 Å². The summed E-state index contributed by atoms with van der Waals surface area (Å²) in [5.74, 6) is 0.0312. The second kappa shape index (κ2) is 6.77. The fourth-order valence-electron chi connectivity index (χ4n) is 2.62. The van der Waals surface area contributed by atoms with Gasteiger partial charge in [0.05, 0.1) is 17.4 Å². The third-order valence-electron chi connectivity index (χ3n) is 3.81. The molecule has 120 valence electrons. The number of nitrogens with zero attached hydrogens (tertiary/aromatic N) is 4. The monoisotopic (exact) mass is 303 g/mol. The van der Waals surface area contributed by atoms with Crippen LogP contribution in [-0.4, -0.2) is 25.5 Å². The fraction of sp³-hybridized carbons (Fsp3) is 0.562. The van der Waals surface area contributed by atoms with Crippen molar-refractivity contribution in [2.75, 3.05) is 0 Å². The Hall–Kier alpha value is -2.11. The molecule has 1 amide bonds. The Morgan fingerprint density at radius 2 is 2.05 bits per heavy atom. The molecule has 0 fully saturated rings. The maximum absolute atomic E-state index is 12.1. The highest BCUT2D eigenvalue weighted by Gasteiger charge is 2.15. The van der Waals surface area contributed by atoms with E-state index in [0.29, 0.717) is 13.0 Å². The number of carbonyl (C=O) groups excluding carboxylic acids is 1. The molecule has 0 aliphatic heterocycles. The lowest BCUT2D eigenvalue weighted by Gasteiger charge is -2.13. The maximum Gasteiger partial charge on any atom is 0.222 e. The van der Waals surface area contributed by atoms with Gasteiger partial charge in [-0.3, -0.25) is 14.2 Å². The lowest BCUT2D eigenvalue weighted by Crippen LogP contribution is -2.27. The van der Waals surface area contributed by atoms with Gasteiger partial charge in [0.25, 0.3) is 0 Å². The highest BCUT2D eigenvalue weighted by Crippen LogP contribution is 2.16. The Bertz CT molecular complexity index is 656. The summed E-state index contributed by atoms with van der Waals surface area (Å²) in [5.41, 5.74) is 4.10. The van der Waals surface area contributed by atoms with Gasteiger partial charge in [-0.1, -0.05) is 0 Å². The Balaban J connectivity index is 1.91. The van der Waals surface area contributed by atoms with E-state index >= 15 is 0 Å². The van der Waals surface area contributed by atoms with E-state index < -0.39 is 0 Å². The van der Waals surface area contributed by atoms with E-state index in [4.69, 9.17) is 0 Å². The zero-order valence-electron chi connectivity index (χ0n) is 14.1. The number of hydrogen-bond acceptors (Lipinski definition) is 3. The topological polar surface area (TPSA) is 64.7 Å². The molecule has 0 aliphatic rings. The van der Waals surface area contributed by atoms with Gasteiger partial charge in [0.1, 0.15) is 0 Å². The summed E-state index contributed by atoms with van der Waals surface area (Å²) in [6, 6.07) is 1.98. The first-order valence-electron chi connectivity index (χ1n) is 7.75. The molecule has 0 saturated carbocycles. The summed E-state index contributed by atoms with van der Waals surface area (Å²) < 4.78 is 3.77. The molecule has 1 unspecified atom stereocenters. The molecule has 0 aromatic carbocycles. The van der Waals surface area contributed by atoms with Gasteiger partial charge >= 0.3 is 0 Å². The smallest absolute Gasteiger partial charge is 0.222 e. The predicted octanol–water partition coefficient (Wildman–Crippen LogP) is 2.29. The maximum atomic E-state index is 12.1. The van der Waals surface area contributed by atoms with Crippen LogP contribution in [0.5, 0.6) is 0 Å². The zero-order valence-corrected chi connectivity index (χ0v) is 14.1. The van der Waals surface area contributed by atoms with Crippen LogP contribution in [0.4, 0.5) is 0 Å². The van der Waals surface area contributed by atoms with E-state index in [-0.39, 0.29) is 11.9 Å². The van der Waals surface area contributed by atoms with Crippen LogP contribution in [0.2, 0.25) is 0 Å². The van der Waals surface area contributed by atoms with E-state index in [0.717, 1.165) is 29.2 Å². The van der Waals surface area contributed by atoms with E-state index in [1.165, 1.54) is 0 Å². The molecule has 2 aromatic heterocycles. The average molecular weight is 303 g/mol. The van der Waals surface area contributed by atoms with Crippen LogP contribution in [0.15, 0.2) is 12.3 Å². The van der Waals surface area contributed by atoms with Crippen LogP contribution < -0.4 is 5.32 Å². The SMILES string of the molecule is CCn1cc(C(C)NC(=O)CCn2nc(C)cc2C)c(C)n1. The van der Waals surface area contributed by atoms with Crippen molar-refractivity contribution in [3.05, 3.63) is 34.9 Å². The number of rotatable bonds is 6. The first-order valence-corrected chi connectivity index (χ1v) is 7.75. The molecule has 6 heteroatoms. The fourth-order valence-corrected chi connectivity index (χ4v) is 2.62. The highest BCUT2D eigenvalue weighted by molar-refractivity contribution is 5.76. The van der Waals surface area contributed by atoms with E-state index in [2.05, 4.69) is 15.5 Å². The van der Waals surface area contributed by atoms with Crippen molar-refractivity contribution in [3.63, 3.8) is 0 Å². The number of aromatic nitrogens is 4. The van der Waals surface area contributed by atoms with E-state index in [1.54, 1.807) is 0 Å². The number of carbonyl (C=O) groups is 1. The highest BCUT2D eigenvalue weighted by atomic mass is 16.1. The second-order valence-electron chi connectivity index (χ2n) is 5.71. The lowest BCUT2D eigenvalue weighted by molar-refractivity contribution is -0.122. The van der Waals surface area contributed by atoms with Gasteiger partial charge in [-0.25, -0.2) is 0 Å².